The number of hydrogen-bond acceptors (Lipinski definition) is 5. The van der Waals surface area contributed by atoms with Gasteiger partial charge in [-0.1, -0.05) is 0 Å². The van der Waals surface area contributed by atoms with Gasteiger partial charge < -0.3 is 4.74 Å². The molecule has 0 aliphatic carbocycles. The zero-order valence-corrected chi connectivity index (χ0v) is 11.2. The topological polar surface area (TPSA) is 60.2 Å². The number of rotatable bonds is 4. The number of ether oxygens (including phenoxy) is 1. The number of methoxy groups -OCH3 is 1. The van der Waals surface area contributed by atoms with Gasteiger partial charge >= 0.3 is 5.97 Å². The van der Waals surface area contributed by atoms with E-state index in [1.807, 2.05) is 4.68 Å². The summed E-state index contributed by atoms with van der Waals surface area (Å²) in [7, 11) is 1.44. The Hall–Kier alpha value is -1.43. The highest BCUT2D eigenvalue weighted by molar-refractivity contribution is 5.75. The minimum absolute atomic E-state index is 0.132. The van der Waals surface area contributed by atoms with Crippen LogP contribution < -0.4 is 0 Å². The lowest BCUT2D eigenvalue weighted by Gasteiger charge is -2.22. The maximum atomic E-state index is 11.7. The third-order valence-corrected chi connectivity index (χ3v) is 3.32. The van der Waals surface area contributed by atoms with Crippen LogP contribution in [0.25, 0.3) is 0 Å². The van der Waals surface area contributed by atoms with Gasteiger partial charge in [0.1, 0.15) is 18.2 Å². The van der Waals surface area contributed by atoms with Gasteiger partial charge in [0.2, 0.25) is 0 Å². The molecule has 0 aromatic carbocycles. The Bertz CT molecular complexity index is 416. The minimum atomic E-state index is -0.150. The van der Waals surface area contributed by atoms with Crippen LogP contribution >= 0.6 is 0 Å². The second-order valence-corrected chi connectivity index (χ2v) is 4.87. The highest BCUT2D eigenvalue weighted by Gasteiger charge is 2.32. The molecular weight excluding hydrogens is 232 g/mol. The summed E-state index contributed by atoms with van der Waals surface area (Å²) in [5.41, 5.74) is 0. The summed E-state index contributed by atoms with van der Waals surface area (Å²) in [6.45, 7) is 5.70. The van der Waals surface area contributed by atoms with Gasteiger partial charge in [-0.15, -0.1) is 0 Å². The predicted octanol–water partition coefficient (Wildman–Crippen LogP) is 0.996. The van der Waals surface area contributed by atoms with Crippen LogP contribution in [0.15, 0.2) is 6.33 Å². The number of carbonyl (C=O) groups excluding carboxylic acids is 1. The van der Waals surface area contributed by atoms with Crippen molar-refractivity contribution in [1.29, 1.82) is 0 Å². The maximum Gasteiger partial charge on any atom is 0.323 e. The summed E-state index contributed by atoms with van der Waals surface area (Å²) in [5, 5.41) is 4.21. The van der Waals surface area contributed by atoms with Crippen molar-refractivity contribution in [3.8, 4) is 0 Å². The molecular formula is C12H20N4O2. The van der Waals surface area contributed by atoms with E-state index in [1.54, 1.807) is 6.33 Å². The van der Waals surface area contributed by atoms with E-state index in [2.05, 4.69) is 28.8 Å². The average molecular weight is 252 g/mol. The second kappa shape index (κ2) is 5.48. The van der Waals surface area contributed by atoms with Crippen LogP contribution in [0.1, 0.15) is 38.6 Å². The molecule has 1 saturated heterocycles. The van der Waals surface area contributed by atoms with Gasteiger partial charge in [0.15, 0.2) is 0 Å². The van der Waals surface area contributed by atoms with Crippen LogP contribution in [0.2, 0.25) is 0 Å². The second-order valence-electron chi connectivity index (χ2n) is 4.87. The summed E-state index contributed by atoms with van der Waals surface area (Å²) in [4.78, 5) is 18.1. The van der Waals surface area contributed by atoms with Crippen molar-refractivity contribution in [2.24, 2.45) is 0 Å². The van der Waals surface area contributed by atoms with Crippen molar-refractivity contribution in [3.05, 3.63) is 12.2 Å². The van der Waals surface area contributed by atoms with Gasteiger partial charge in [-0.2, -0.15) is 5.10 Å². The molecule has 6 nitrogen and oxygen atoms in total. The highest BCUT2D eigenvalue weighted by atomic mass is 16.5. The van der Waals surface area contributed by atoms with Crippen molar-refractivity contribution in [1.82, 2.24) is 19.7 Å². The first-order valence-electron chi connectivity index (χ1n) is 6.33. The number of esters is 1. The molecule has 2 rings (SSSR count). The Balaban J connectivity index is 2.08. The van der Waals surface area contributed by atoms with Gasteiger partial charge in [-0.05, 0) is 33.2 Å². The zero-order chi connectivity index (χ0) is 13.1. The van der Waals surface area contributed by atoms with E-state index in [0.717, 1.165) is 25.2 Å². The Morgan fingerprint density at radius 1 is 1.61 bits per heavy atom. The van der Waals surface area contributed by atoms with Crippen LogP contribution in [0.5, 0.6) is 0 Å². The van der Waals surface area contributed by atoms with Crippen molar-refractivity contribution in [2.75, 3.05) is 13.7 Å². The molecule has 0 amide bonds. The standard InChI is InChI=1S/C12H20N4O2/c1-9(2)16-11(13-8-14-16)7-15-6-4-5-10(15)12(17)18-3/h8-10H,4-7H2,1-3H3. The quantitative estimate of drug-likeness (QED) is 0.748. The molecule has 1 aromatic heterocycles. The Morgan fingerprint density at radius 2 is 2.39 bits per heavy atom. The van der Waals surface area contributed by atoms with Crippen LogP contribution in [0.3, 0.4) is 0 Å². The normalized spacial score (nSPS) is 20.6. The summed E-state index contributed by atoms with van der Waals surface area (Å²) in [6.07, 6.45) is 3.45. The fraction of sp³-hybridized carbons (Fsp3) is 0.750. The van der Waals surface area contributed by atoms with Crippen LogP contribution in [0, 0.1) is 0 Å². The van der Waals surface area contributed by atoms with E-state index in [9.17, 15) is 4.79 Å². The summed E-state index contributed by atoms with van der Waals surface area (Å²) in [5.74, 6) is 0.754. The van der Waals surface area contributed by atoms with Gasteiger partial charge in [0, 0.05) is 6.04 Å². The largest absolute Gasteiger partial charge is 0.468 e. The number of aromatic nitrogens is 3. The molecule has 1 unspecified atom stereocenters. The van der Waals surface area contributed by atoms with Crippen molar-refractivity contribution >= 4 is 5.97 Å². The Kier molecular flexibility index (Phi) is 3.96. The third-order valence-electron chi connectivity index (χ3n) is 3.32. The first-order chi connectivity index (χ1) is 8.63. The summed E-state index contributed by atoms with van der Waals surface area (Å²) in [6, 6.07) is 0.147. The highest BCUT2D eigenvalue weighted by Crippen LogP contribution is 2.21. The third kappa shape index (κ3) is 2.53. The molecule has 100 valence electrons. The molecule has 1 aliphatic heterocycles. The van der Waals surface area contributed by atoms with Gasteiger partial charge in [0.25, 0.3) is 0 Å². The first kappa shape index (κ1) is 13.0. The zero-order valence-electron chi connectivity index (χ0n) is 11.2. The minimum Gasteiger partial charge on any atom is -0.468 e. The molecule has 0 bridgehead atoms. The number of nitrogens with zero attached hydrogens (tertiary/aromatic N) is 4. The molecule has 0 N–H and O–H groups in total. The fourth-order valence-electron chi connectivity index (χ4n) is 2.42. The number of carbonyl (C=O) groups is 1. The monoisotopic (exact) mass is 252 g/mol. The lowest BCUT2D eigenvalue weighted by molar-refractivity contribution is -0.146. The molecule has 1 aromatic rings. The van der Waals surface area contributed by atoms with E-state index in [-0.39, 0.29) is 18.1 Å². The van der Waals surface area contributed by atoms with E-state index in [4.69, 9.17) is 4.74 Å². The smallest absolute Gasteiger partial charge is 0.323 e. The van der Waals surface area contributed by atoms with E-state index in [0.29, 0.717) is 6.54 Å². The van der Waals surface area contributed by atoms with Crippen LogP contribution in [-0.2, 0) is 16.1 Å². The predicted molar refractivity (Wildman–Crippen MR) is 65.9 cm³/mol. The maximum absolute atomic E-state index is 11.7. The van der Waals surface area contributed by atoms with Gasteiger partial charge in [-0.3, -0.25) is 9.69 Å². The molecule has 2 heterocycles. The van der Waals surface area contributed by atoms with Gasteiger partial charge in [0.05, 0.1) is 13.7 Å². The molecule has 0 saturated carbocycles. The lowest BCUT2D eigenvalue weighted by Crippen LogP contribution is -2.37. The van der Waals surface area contributed by atoms with Crippen LogP contribution in [-0.4, -0.2) is 45.3 Å². The van der Waals surface area contributed by atoms with E-state index in [1.165, 1.54) is 7.11 Å². The van der Waals surface area contributed by atoms with E-state index >= 15 is 0 Å². The van der Waals surface area contributed by atoms with Gasteiger partial charge in [-0.25, -0.2) is 9.67 Å². The summed E-state index contributed by atoms with van der Waals surface area (Å²) < 4.78 is 6.73. The molecule has 18 heavy (non-hydrogen) atoms. The SMILES string of the molecule is COC(=O)C1CCCN1Cc1ncnn1C(C)C. The molecule has 0 radical (unpaired) electrons. The van der Waals surface area contributed by atoms with Crippen LogP contribution in [0.4, 0.5) is 0 Å². The summed E-state index contributed by atoms with van der Waals surface area (Å²) >= 11 is 0. The first-order valence-corrected chi connectivity index (χ1v) is 6.33. The van der Waals surface area contributed by atoms with Crippen molar-refractivity contribution < 1.29 is 9.53 Å². The van der Waals surface area contributed by atoms with Crippen molar-refractivity contribution in [2.45, 2.75) is 45.3 Å². The fourth-order valence-corrected chi connectivity index (χ4v) is 2.42. The molecule has 1 aliphatic rings. The number of likely N-dealkylation sites (tertiary alicyclic amines) is 1. The lowest BCUT2D eigenvalue weighted by atomic mass is 10.2. The number of hydrogen-bond donors (Lipinski definition) is 0. The molecule has 1 fully saturated rings. The van der Waals surface area contributed by atoms with E-state index < -0.39 is 0 Å². The Labute approximate surface area is 107 Å². The molecule has 1 atom stereocenters. The molecule has 0 spiro atoms. The average Bonchev–Trinajstić information content (AvgIpc) is 2.97. The Morgan fingerprint density at radius 3 is 3.06 bits per heavy atom. The molecule has 6 heteroatoms. The van der Waals surface area contributed by atoms with Crippen molar-refractivity contribution in [3.63, 3.8) is 0 Å².